The third kappa shape index (κ3) is 5.45. The lowest BCUT2D eigenvalue weighted by Crippen LogP contribution is -2.12. The van der Waals surface area contributed by atoms with Crippen molar-refractivity contribution in [3.63, 3.8) is 0 Å². The highest BCUT2D eigenvalue weighted by atomic mass is 79.9. The van der Waals surface area contributed by atoms with E-state index in [1.807, 2.05) is 31.2 Å². The van der Waals surface area contributed by atoms with Gasteiger partial charge in [-0.15, -0.1) is 0 Å². The molecule has 0 aliphatic rings. The molecule has 3 rings (SSSR count). The van der Waals surface area contributed by atoms with Gasteiger partial charge in [0.15, 0.2) is 11.5 Å². The molecule has 0 fully saturated rings. The standard InChI is InChI=1S/C21H20BrCl2NO3/c1-2-26-20-10-14(11-25-12-15-5-4-8-27-15)9-17(22)21(20)28-13-16-18(23)6-3-7-19(16)24/h3-10,25H,2,11-13H2,1H3. The zero-order chi connectivity index (χ0) is 19.9. The number of nitrogens with one attached hydrogen (secondary N) is 1. The first-order valence-corrected chi connectivity index (χ1v) is 10.4. The Morgan fingerprint density at radius 3 is 2.50 bits per heavy atom. The monoisotopic (exact) mass is 483 g/mol. The molecule has 0 spiro atoms. The minimum Gasteiger partial charge on any atom is -0.490 e. The summed E-state index contributed by atoms with van der Waals surface area (Å²) in [7, 11) is 0. The number of benzene rings is 2. The first-order valence-electron chi connectivity index (χ1n) is 8.82. The van der Waals surface area contributed by atoms with Gasteiger partial charge in [-0.1, -0.05) is 29.3 Å². The minimum absolute atomic E-state index is 0.243. The van der Waals surface area contributed by atoms with E-state index in [1.165, 1.54) is 0 Å². The summed E-state index contributed by atoms with van der Waals surface area (Å²) in [6.45, 7) is 4.02. The van der Waals surface area contributed by atoms with Crippen molar-refractivity contribution in [2.24, 2.45) is 0 Å². The Balaban J connectivity index is 1.73. The van der Waals surface area contributed by atoms with Crippen LogP contribution in [0.25, 0.3) is 0 Å². The molecule has 3 aromatic rings. The Morgan fingerprint density at radius 1 is 1.04 bits per heavy atom. The van der Waals surface area contributed by atoms with E-state index in [9.17, 15) is 0 Å². The van der Waals surface area contributed by atoms with Crippen LogP contribution in [0.3, 0.4) is 0 Å². The Hall–Kier alpha value is -1.66. The maximum Gasteiger partial charge on any atom is 0.175 e. The van der Waals surface area contributed by atoms with Crippen LogP contribution in [0.2, 0.25) is 10.0 Å². The number of furan rings is 1. The van der Waals surface area contributed by atoms with Crippen LogP contribution in [0.5, 0.6) is 11.5 Å². The summed E-state index contributed by atoms with van der Waals surface area (Å²) in [6.07, 6.45) is 1.66. The quantitative estimate of drug-likeness (QED) is 0.370. The van der Waals surface area contributed by atoms with Gasteiger partial charge in [0.1, 0.15) is 12.4 Å². The van der Waals surface area contributed by atoms with Crippen LogP contribution >= 0.6 is 39.1 Å². The maximum atomic E-state index is 6.24. The maximum absolute atomic E-state index is 6.24. The lowest BCUT2D eigenvalue weighted by Gasteiger charge is -2.16. The Kier molecular flexibility index (Phi) is 7.68. The van der Waals surface area contributed by atoms with Crippen LogP contribution in [0.4, 0.5) is 0 Å². The molecule has 1 heterocycles. The molecule has 28 heavy (non-hydrogen) atoms. The highest BCUT2D eigenvalue weighted by molar-refractivity contribution is 9.10. The van der Waals surface area contributed by atoms with Gasteiger partial charge in [-0.25, -0.2) is 0 Å². The first-order chi connectivity index (χ1) is 13.6. The van der Waals surface area contributed by atoms with Gasteiger partial charge in [0, 0.05) is 22.2 Å². The fraction of sp³-hybridized carbons (Fsp3) is 0.238. The predicted octanol–water partition coefficient (Wildman–Crippen LogP) is 6.62. The molecule has 7 heteroatoms. The van der Waals surface area contributed by atoms with Gasteiger partial charge in [-0.2, -0.15) is 0 Å². The highest BCUT2D eigenvalue weighted by Crippen LogP contribution is 2.38. The second-order valence-corrected chi connectivity index (χ2v) is 7.68. The van der Waals surface area contributed by atoms with Crippen LogP contribution in [0.1, 0.15) is 23.8 Å². The highest BCUT2D eigenvalue weighted by Gasteiger charge is 2.14. The van der Waals surface area contributed by atoms with E-state index >= 15 is 0 Å². The number of hydrogen-bond acceptors (Lipinski definition) is 4. The second-order valence-electron chi connectivity index (χ2n) is 6.01. The molecule has 4 nitrogen and oxygen atoms in total. The fourth-order valence-corrected chi connectivity index (χ4v) is 3.79. The largest absolute Gasteiger partial charge is 0.490 e. The van der Waals surface area contributed by atoms with Gasteiger partial charge in [0.05, 0.1) is 23.9 Å². The molecule has 0 bridgehead atoms. The average Bonchev–Trinajstić information content (AvgIpc) is 3.17. The smallest absolute Gasteiger partial charge is 0.175 e. The summed E-state index contributed by atoms with van der Waals surface area (Å²) in [5, 5.41) is 4.49. The van der Waals surface area contributed by atoms with Crippen molar-refractivity contribution in [1.82, 2.24) is 5.32 Å². The van der Waals surface area contributed by atoms with Crippen molar-refractivity contribution in [2.75, 3.05) is 6.61 Å². The fourth-order valence-electron chi connectivity index (χ4n) is 2.68. The number of halogens is 3. The van der Waals surface area contributed by atoms with Crippen LogP contribution in [0, 0.1) is 0 Å². The molecule has 0 unspecified atom stereocenters. The molecular weight excluding hydrogens is 465 g/mol. The summed E-state index contributed by atoms with van der Waals surface area (Å²) in [5.74, 6) is 2.17. The van der Waals surface area contributed by atoms with Crippen molar-refractivity contribution in [3.05, 3.63) is 80.1 Å². The van der Waals surface area contributed by atoms with Crippen LogP contribution in [-0.2, 0) is 19.7 Å². The molecule has 0 atom stereocenters. The lowest BCUT2D eigenvalue weighted by atomic mass is 10.2. The van der Waals surface area contributed by atoms with E-state index in [4.69, 9.17) is 37.1 Å². The summed E-state index contributed by atoms with van der Waals surface area (Å²) in [5.41, 5.74) is 1.80. The molecule has 148 valence electrons. The predicted molar refractivity (Wildman–Crippen MR) is 115 cm³/mol. The molecule has 0 radical (unpaired) electrons. The Morgan fingerprint density at radius 2 is 1.82 bits per heavy atom. The SMILES string of the molecule is CCOc1cc(CNCc2ccco2)cc(Br)c1OCc1c(Cl)cccc1Cl. The third-order valence-corrected chi connectivity index (χ3v) is 5.30. The van der Waals surface area contributed by atoms with E-state index in [0.717, 1.165) is 21.4 Å². The van der Waals surface area contributed by atoms with Crippen molar-refractivity contribution < 1.29 is 13.9 Å². The normalized spacial score (nSPS) is 10.9. The van der Waals surface area contributed by atoms with Gasteiger partial charge in [0.2, 0.25) is 0 Å². The number of hydrogen-bond donors (Lipinski definition) is 1. The molecule has 0 aliphatic heterocycles. The third-order valence-electron chi connectivity index (χ3n) is 4.00. The van der Waals surface area contributed by atoms with Gasteiger partial charge < -0.3 is 19.2 Å². The van der Waals surface area contributed by atoms with Crippen molar-refractivity contribution in [1.29, 1.82) is 0 Å². The Labute approximate surface area is 182 Å². The van der Waals surface area contributed by atoms with Crippen LogP contribution in [0.15, 0.2) is 57.6 Å². The zero-order valence-electron chi connectivity index (χ0n) is 15.3. The molecular formula is C21H20BrCl2NO3. The van der Waals surface area contributed by atoms with Crippen LogP contribution < -0.4 is 14.8 Å². The zero-order valence-corrected chi connectivity index (χ0v) is 18.4. The van der Waals surface area contributed by atoms with Gasteiger partial charge in [-0.05, 0) is 64.8 Å². The molecule has 0 amide bonds. The molecule has 1 aromatic heterocycles. The molecule has 1 N–H and O–H groups in total. The van der Waals surface area contributed by atoms with E-state index in [1.54, 1.807) is 24.5 Å². The summed E-state index contributed by atoms with van der Waals surface area (Å²) < 4.78 is 17.9. The van der Waals surface area contributed by atoms with Gasteiger partial charge in [-0.3, -0.25) is 0 Å². The van der Waals surface area contributed by atoms with E-state index in [0.29, 0.717) is 41.2 Å². The molecule has 0 saturated carbocycles. The van der Waals surface area contributed by atoms with E-state index in [-0.39, 0.29) is 6.61 Å². The molecule has 0 saturated heterocycles. The Bertz CT molecular complexity index is 896. The molecule has 2 aromatic carbocycles. The van der Waals surface area contributed by atoms with Crippen molar-refractivity contribution >= 4 is 39.1 Å². The summed E-state index contributed by atoms with van der Waals surface area (Å²) in [4.78, 5) is 0. The van der Waals surface area contributed by atoms with Crippen molar-refractivity contribution in [2.45, 2.75) is 26.6 Å². The number of rotatable bonds is 9. The van der Waals surface area contributed by atoms with Gasteiger partial charge >= 0.3 is 0 Å². The summed E-state index contributed by atoms with van der Waals surface area (Å²) in [6, 6.07) is 13.2. The average molecular weight is 485 g/mol. The first kappa shape index (κ1) is 21.1. The number of ether oxygens (including phenoxy) is 2. The lowest BCUT2D eigenvalue weighted by molar-refractivity contribution is 0.267. The van der Waals surface area contributed by atoms with E-state index in [2.05, 4.69) is 21.2 Å². The topological polar surface area (TPSA) is 43.6 Å². The van der Waals surface area contributed by atoms with E-state index < -0.39 is 0 Å². The summed E-state index contributed by atoms with van der Waals surface area (Å²) >= 11 is 16.1. The van der Waals surface area contributed by atoms with Crippen LogP contribution in [-0.4, -0.2) is 6.61 Å². The molecule has 0 aliphatic carbocycles. The van der Waals surface area contributed by atoms with Crippen molar-refractivity contribution in [3.8, 4) is 11.5 Å². The van der Waals surface area contributed by atoms with Gasteiger partial charge in [0.25, 0.3) is 0 Å². The second kappa shape index (κ2) is 10.2. The minimum atomic E-state index is 0.243.